The minimum atomic E-state index is -0.0654. The van der Waals surface area contributed by atoms with Gasteiger partial charge in [-0.05, 0) is 45.4 Å². The number of amides is 1. The molecule has 1 fully saturated rings. The van der Waals surface area contributed by atoms with Crippen LogP contribution in [0, 0.1) is 6.92 Å². The van der Waals surface area contributed by atoms with E-state index in [9.17, 15) is 4.79 Å². The van der Waals surface area contributed by atoms with Crippen molar-refractivity contribution in [3.05, 3.63) is 40.9 Å². The lowest BCUT2D eigenvalue weighted by Gasteiger charge is -2.32. The number of piperidine rings is 1. The number of nitrogens with zero attached hydrogens (tertiary/aromatic N) is 2. The van der Waals surface area contributed by atoms with E-state index in [1.807, 2.05) is 37.4 Å². The molecule has 0 radical (unpaired) electrons. The highest BCUT2D eigenvalue weighted by molar-refractivity contribution is 7.15. The van der Waals surface area contributed by atoms with Gasteiger partial charge >= 0.3 is 0 Å². The van der Waals surface area contributed by atoms with Gasteiger partial charge < -0.3 is 10.1 Å². The zero-order valence-corrected chi connectivity index (χ0v) is 16.3. The third-order valence-corrected chi connectivity index (χ3v) is 5.62. The molecule has 0 saturated carbocycles. The first kappa shape index (κ1) is 18.9. The molecule has 1 aliphatic heterocycles. The molecule has 2 aromatic rings. The lowest BCUT2D eigenvalue weighted by atomic mass is 10.0. The number of anilines is 1. The van der Waals surface area contributed by atoms with Crippen molar-refractivity contribution < 1.29 is 9.53 Å². The van der Waals surface area contributed by atoms with Crippen LogP contribution in [-0.4, -0.2) is 35.0 Å². The summed E-state index contributed by atoms with van der Waals surface area (Å²) in [5.41, 5.74) is 1.19. The fourth-order valence-corrected chi connectivity index (χ4v) is 3.96. The van der Waals surface area contributed by atoms with Crippen molar-refractivity contribution in [3.63, 3.8) is 0 Å². The van der Waals surface area contributed by atoms with Gasteiger partial charge in [0.1, 0.15) is 5.75 Å². The molecule has 1 saturated heterocycles. The fraction of sp³-hybridized carbons (Fsp3) is 0.500. The van der Waals surface area contributed by atoms with E-state index >= 15 is 0 Å². The van der Waals surface area contributed by atoms with Crippen LogP contribution in [0.2, 0.25) is 0 Å². The molecule has 6 heteroatoms. The van der Waals surface area contributed by atoms with E-state index in [-0.39, 0.29) is 5.91 Å². The van der Waals surface area contributed by atoms with Crippen molar-refractivity contribution in [2.75, 3.05) is 18.5 Å². The minimum absolute atomic E-state index is 0.0654. The highest BCUT2D eigenvalue weighted by Gasteiger charge is 2.19. The minimum Gasteiger partial charge on any atom is -0.493 e. The topological polar surface area (TPSA) is 54.5 Å². The molecule has 1 aromatic carbocycles. The number of aryl methyl sites for hydroxylation is 1. The summed E-state index contributed by atoms with van der Waals surface area (Å²) in [5, 5.41) is 3.55. The third kappa shape index (κ3) is 5.54. The van der Waals surface area contributed by atoms with Crippen molar-refractivity contribution in [3.8, 4) is 5.75 Å². The Morgan fingerprint density at radius 3 is 2.92 bits per heavy atom. The maximum atomic E-state index is 12.1. The molecule has 5 nitrogen and oxygen atoms in total. The summed E-state index contributed by atoms with van der Waals surface area (Å²) in [5.74, 6) is 0.722. The summed E-state index contributed by atoms with van der Waals surface area (Å²) in [7, 11) is 0. The van der Waals surface area contributed by atoms with Gasteiger partial charge in [0.25, 0.3) is 0 Å². The van der Waals surface area contributed by atoms with Crippen LogP contribution in [0.5, 0.6) is 5.75 Å². The highest BCUT2D eigenvalue weighted by Crippen LogP contribution is 2.24. The van der Waals surface area contributed by atoms with E-state index in [2.05, 4.69) is 22.1 Å². The van der Waals surface area contributed by atoms with Crippen LogP contribution in [0.1, 0.15) is 43.0 Å². The first-order valence-electron chi connectivity index (χ1n) is 9.28. The van der Waals surface area contributed by atoms with Crippen molar-refractivity contribution in [2.24, 2.45) is 0 Å². The highest BCUT2D eigenvalue weighted by atomic mass is 32.1. The molecule has 140 valence electrons. The molecule has 1 N–H and O–H groups in total. The van der Waals surface area contributed by atoms with Crippen LogP contribution >= 0.6 is 11.3 Å². The van der Waals surface area contributed by atoms with Gasteiger partial charge in [0.2, 0.25) is 5.91 Å². The summed E-state index contributed by atoms with van der Waals surface area (Å²) in [6.45, 7) is 6.75. The van der Waals surface area contributed by atoms with E-state index in [1.165, 1.54) is 29.7 Å². The molecule has 1 unspecified atom stereocenters. The Morgan fingerprint density at radius 1 is 1.35 bits per heavy atom. The Bertz CT molecular complexity index is 714. The molecule has 0 spiro atoms. The number of hydrogen-bond acceptors (Lipinski definition) is 5. The van der Waals surface area contributed by atoms with E-state index in [0.29, 0.717) is 24.2 Å². The number of ether oxygens (including phenoxy) is 1. The summed E-state index contributed by atoms with van der Waals surface area (Å²) < 4.78 is 5.60. The van der Waals surface area contributed by atoms with Gasteiger partial charge in [0, 0.05) is 23.7 Å². The van der Waals surface area contributed by atoms with E-state index in [1.54, 1.807) is 11.3 Å². The number of benzene rings is 1. The van der Waals surface area contributed by atoms with Gasteiger partial charge in [-0.2, -0.15) is 0 Å². The van der Waals surface area contributed by atoms with Crippen molar-refractivity contribution in [2.45, 2.75) is 52.1 Å². The Labute approximate surface area is 159 Å². The summed E-state index contributed by atoms with van der Waals surface area (Å²) in [6, 6.07) is 8.46. The van der Waals surface area contributed by atoms with Gasteiger partial charge in [-0.1, -0.05) is 24.1 Å². The summed E-state index contributed by atoms with van der Waals surface area (Å²) in [6.07, 6.45) is 6.06. The maximum Gasteiger partial charge on any atom is 0.229 e. The first-order chi connectivity index (χ1) is 12.6. The van der Waals surface area contributed by atoms with Gasteiger partial charge in [0.05, 0.1) is 13.0 Å². The first-order valence-corrected chi connectivity index (χ1v) is 10.1. The number of hydrogen-bond donors (Lipinski definition) is 1. The van der Waals surface area contributed by atoms with E-state index in [0.717, 1.165) is 18.8 Å². The van der Waals surface area contributed by atoms with Crippen LogP contribution in [-0.2, 0) is 11.3 Å². The molecule has 2 heterocycles. The maximum absolute atomic E-state index is 12.1. The molecular weight excluding hydrogens is 346 g/mol. The summed E-state index contributed by atoms with van der Waals surface area (Å²) >= 11 is 1.56. The average molecular weight is 374 g/mol. The SMILES string of the molecule is Cc1ccc(OCCC(=O)Nc2ncc(CN3CCCCC3C)s2)cc1. The zero-order valence-electron chi connectivity index (χ0n) is 15.5. The Balaban J connectivity index is 1.41. The third-order valence-electron chi connectivity index (χ3n) is 4.72. The summed E-state index contributed by atoms with van der Waals surface area (Å²) in [4.78, 5) is 20.1. The van der Waals surface area contributed by atoms with E-state index in [4.69, 9.17) is 4.74 Å². The number of likely N-dealkylation sites (tertiary alicyclic amines) is 1. The number of aromatic nitrogens is 1. The fourth-order valence-electron chi connectivity index (χ4n) is 3.11. The quantitative estimate of drug-likeness (QED) is 0.789. The smallest absolute Gasteiger partial charge is 0.229 e. The van der Waals surface area contributed by atoms with Crippen molar-refractivity contribution in [1.29, 1.82) is 0 Å². The predicted molar refractivity (Wildman–Crippen MR) is 106 cm³/mol. The molecule has 1 aromatic heterocycles. The second kappa shape index (κ2) is 9.14. The second-order valence-electron chi connectivity index (χ2n) is 6.91. The molecule has 3 rings (SSSR count). The average Bonchev–Trinajstić information content (AvgIpc) is 3.05. The van der Waals surface area contributed by atoms with Gasteiger partial charge in [-0.25, -0.2) is 4.98 Å². The van der Waals surface area contributed by atoms with Gasteiger partial charge in [0.15, 0.2) is 5.13 Å². The normalized spacial score (nSPS) is 17.8. The van der Waals surface area contributed by atoms with Crippen LogP contribution in [0.3, 0.4) is 0 Å². The lowest BCUT2D eigenvalue weighted by molar-refractivity contribution is -0.116. The number of rotatable bonds is 7. The van der Waals surface area contributed by atoms with Gasteiger partial charge in [-0.3, -0.25) is 9.69 Å². The van der Waals surface area contributed by atoms with Crippen LogP contribution in [0.4, 0.5) is 5.13 Å². The number of nitrogens with one attached hydrogen (secondary N) is 1. The van der Waals surface area contributed by atoms with Crippen molar-refractivity contribution >= 4 is 22.4 Å². The molecule has 1 atom stereocenters. The molecule has 1 amide bonds. The monoisotopic (exact) mass is 373 g/mol. The standard InChI is InChI=1S/C20H27N3O2S/c1-15-6-8-17(9-7-15)25-12-10-19(24)22-20-21-13-18(26-20)14-23-11-4-3-5-16(23)2/h6-9,13,16H,3-5,10-12,14H2,1-2H3,(H,21,22,24). The second-order valence-corrected chi connectivity index (χ2v) is 8.02. The number of carbonyl (C=O) groups is 1. The molecule has 0 bridgehead atoms. The van der Waals surface area contributed by atoms with Crippen LogP contribution in [0.15, 0.2) is 30.5 Å². The lowest BCUT2D eigenvalue weighted by Crippen LogP contribution is -2.36. The molecule has 26 heavy (non-hydrogen) atoms. The molecule has 0 aliphatic carbocycles. The molecule has 1 aliphatic rings. The van der Waals surface area contributed by atoms with Crippen molar-refractivity contribution in [1.82, 2.24) is 9.88 Å². The Hall–Kier alpha value is -1.92. The van der Waals surface area contributed by atoms with Crippen LogP contribution in [0.25, 0.3) is 0 Å². The van der Waals surface area contributed by atoms with Crippen LogP contribution < -0.4 is 10.1 Å². The zero-order chi connectivity index (χ0) is 18.4. The largest absolute Gasteiger partial charge is 0.493 e. The Morgan fingerprint density at radius 2 is 2.15 bits per heavy atom. The van der Waals surface area contributed by atoms with Gasteiger partial charge in [-0.15, -0.1) is 11.3 Å². The molecular formula is C20H27N3O2S. The Kier molecular flexibility index (Phi) is 6.63. The number of carbonyl (C=O) groups excluding carboxylic acids is 1. The number of thiazole rings is 1. The predicted octanol–water partition coefficient (Wildman–Crippen LogP) is 4.23. The van der Waals surface area contributed by atoms with E-state index < -0.39 is 0 Å².